The predicted octanol–water partition coefficient (Wildman–Crippen LogP) is 4.86. The van der Waals surface area contributed by atoms with E-state index in [9.17, 15) is 17.6 Å². The summed E-state index contributed by atoms with van der Waals surface area (Å²) in [6.07, 6.45) is 3.02. The first kappa shape index (κ1) is 23.7. The molecular formula is C27H24FN3O4S. The molecule has 0 atom stereocenters. The number of fused-ring (bicyclic) bond motifs is 1. The monoisotopic (exact) mass is 505 g/mol. The van der Waals surface area contributed by atoms with Crippen LogP contribution >= 0.6 is 0 Å². The first-order valence-electron chi connectivity index (χ1n) is 11.6. The van der Waals surface area contributed by atoms with Crippen LogP contribution in [0.5, 0.6) is 5.75 Å². The number of carbonyl (C=O) groups is 1. The van der Waals surface area contributed by atoms with E-state index in [1.807, 2.05) is 30.3 Å². The Labute approximate surface area is 208 Å². The first-order valence-corrected chi connectivity index (χ1v) is 13.1. The van der Waals surface area contributed by atoms with Gasteiger partial charge in [0.15, 0.2) is 0 Å². The molecule has 0 unspecified atom stereocenters. The third-order valence-corrected chi connectivity index (χ3v) is 7.52. The van der Waals surface area contributed by atoms with Crippen molar-refractivity contribution in [1.82, 2.24) is 9.88 Å². The number of anilines is 1. The Morgan fingerprint density at radius 1 is 0.972 bits per heavy atom. The Kier molecular flexibility index (Phi) is 6.56. The maximum atomic E-state index is 14.0. The van der Waals surface area contributed by atoms with E-state index in [1.54, 1.807) is 23.2 Å². The number of ether oxygens (including phenoxy) is 1. The van der Waals surface area contributed by atoms with E-state index < -0.39 is 20.7 Å². The summed E-state index contributed by atoms with van der Waals surface area (Å²) < 4.78 is 47.8. The summed E-state index contributed by atoms with van der Waals surface area (Å²) >= 11 is 0. The molecule has 1 fully saturated rings. The lowest BCUT2D eigenvalue weighted by Crippen LogP contribution is -2.41. The zero-order chi connectivity index (χ0) is 25.1. The molecule has 0 radical (unpaired) electrons. The SMILES string of the molecule is O=C(c1cccc(NS(=O)(=O)c2ccccc2F)c1)N1CCC(Oc2cccc3cccnc23)CC1. The van der Waals surface area contributed by atoms with E-state index in [1.165, 1.54) is 30.3 Å². The van der Waals surface area contributed by atoms with E-state index >= 15 is 0 Å². The third kappa shape index (κ3) is 5.01. The molecule has 5 rings (SSSR count). The van der Waals surface area contributed by atoms with Crippen molar-refractivity contribution in [3.05, 3.63) is 96.4 Å². The van der Waals surface area contributed by atoms with Gasteiger partial charge in [-0.25, -0.2) is 12.8 Å². The van der Waals surface area contributed by atoms with Crippen molar-refractivity contribution < 1.29 is 22.3 Å². The van der Waals surface area contributed by atoms with Gasteiger partial charge in [0.1, 0.15) is 28.1 Å². The maximum Gasteiger partial charge on any atom is 0.264 e. The lowest BCUT2D eigenvalue weighted by molar-refractivity contribution is 0.0597. The normalized spacial score (nSPS) is 14.5. The molecule has 1 N–H and O–H groups in total. The standard InChI is InChI=1S/C27H24FN3O4S/c28-23-10-1-2-12-25(23)36(33,34)30-21-9-3-7-20(18-21)27(32)31-16-13-22(14-17-31)35-24-11-4-6-19-8-5-15-29-26(19)24/h1-12,15,18,22,30H,13-14,16-17H2. The van der Waals surface area contributed by atoms with Crippen LogP contribution in [0.2, 0.25) is 0 Å². The van der Waals surface area contributed by atoms with Crippen molar-refractivity contribution in [1.29, 1.82) is 0 Å². The zero-order valence-corrected chi connectivity index (χ0v) is 20.1. The Balaban J connectivity index is 1.23. The highest BCUT2D eigenvalue weighted by atomic mass is 32.2. The van der Waals surface area contributed by atoms with Crippen molar-refractivity contribution in [2.24, 2.45) is 0 Å². The molecule has 36 heavy (non-hydrogen) atoms. The molecular weight excluding hydrogens is 481 g/mol. The van der Waals surface area contributed by atoms with Crippen LogP contribution in [0.1, 0.15) is 23.2 Å². The molecule has 0 saturated carbocycles. The number of nitrogens with zero attached hydrogens (tertiary/aromatic N) is 2. The highest BCUT2D eigenvalue weighted by molar-refractivity contribution is 7.92. The number of aromatic nitrogens is 1. The number of carbonyl (C=O) groups excluding carboxylic acids is 1. The molecule has 9 heteroatoms. The predicted molar refractivity (Wildman–Crippen MR) is 135 cm³/mol. The fourth-order valence-corrected chi connectivity index (χ4v) is 5.43. The molecule has 0 bridgehead atoms. The number of sulfonamides is 1. The van der Waals surface area contributed by atoms with Gasteiger partial charge >= 0.3 is 0 Å². The summed E-state index contributed by atoms with van der Waals surface area (Å²) in [5.41, 5.74) is 1.35. The van der Waals surface area contributed by atoms with Crippen LogP contribution in [0.15, 0.2) is 90.0 Å². The Morgan fingerprint density at radius 3 is 2.53 bits per heavy atom. The molecule has 0 aliphatic carbocycles. The first-order chi connectivity index (χ1) is 17.4. The number of amides is 1. The van der Waals surface area contributed by atoms with Crippen molar-refractivity contribution in [2.45, 2.75) is 23.8 Å². The van der Waals surface area contributed by atoms with Gasteiger partial charge in [-0.1, -0.05) is 36.4 Å². The van der Waals surface area contributed by atoms with Crippen LogP contribution in [0, 0.1) is 5.82 Å². The summed E-state index contributed by atoms with van der Waals surface area (Å²) in [6, 6.07) is 21.0. The minimum atomic E-state index is -4.14. The number of nitrogens with one attached hydrogen (secondary N) is 1. The lowest BCUT2D eigenvalue weighted by Gasteiger charge is -2.32. The number of para-hydroxylation sites is 1. The van der Waals surface area contributed by atoms with Gasteiger partial charge in [-0.05, 0) is 42.5 Å². The lowest BCUT2D eigenvalue weighted by atomic mass is 10.1. The fraction of sp³-hybridized carbons (Fsp3) is 0.185. The van der Waals surface area contributed by atoms with Crippen LogP contribution in [0.4, 0.5) is 10.1 Å². The van der Waals surface area contributed by atoms with Crippen LogP contribution in [-0.4, -0.2) is 43.4 Å². The van der Waals surface area contributed by atoms with E-state index in [0.717, 1.165) is 22.7 Å². The average molecular weight is 506 g/mol. The Hall–Kier alpha value is -3.98. The van der Waals surface area contributed by atoms with Crippen LogP contribution in [0.25, 0.3) is 10.9 Å². The molecule has 7 nitrogen and oxygen atoms in total. The topological polar surface area (TPSA) is 88.6 Å². The maximum absolute atomic E-state index is 14.0. The molecule has 1 aromatic heterocycles. The minimum absolute atomic E-state index is 0.0411. The minimum Gasteiger partial charge on any atom is -0.488 e. The largest absolute Gasteiger partial charge is 0.488 e. The number of piperidine rings is 1. The zero-order valence-electron chi connectivity index (χ0n) is 19.3. The van der Waals surface area contributed by atoms with E-state index in [0.29, 0.717) is 31.5 Å². The second kappa shape index (κ2) is 9.94. The highest BCUT2D eigenvalue weighted by Gasteiger charge is 2.26. The molecule has 184 valence electrons. The average Bonchev–Trinajstić information content (AvgIpc) is 2.89. The number of benzene rings is 3. The fourth-order valence-electron chi connectivity index (χ4n) is 4.30. The third-order valence-electron chi connectivity index (χ3n) is 6.11. The molecule has 1 saturated heterocycles. The summed E-state index contributed by atoms with van der Waals surface area (Å²) in [6.45, 7) is 1.01. The van der Waals surface area contributed by atoms with Crippen LogP contribution < -0.4 is 9.46 Å². The van der Waals surface area contributed by atoms with Gasteiger partial charge in [0.25, 0.3) is 15.9 Å². The Bertz CT molecular complexity index is 1510. The van der Waals surface area contributed by atoms with E-state index in [4.69, 9.17) is 4.74 Å². The molecule has 1 aliphatic heterocycles. The van der Waals surface area contributed by atoms with Crippen LogP contribution in [-0.2, 0) is 10.0 Å². The van der Waals surface area contributed by atoms with Gasteiger partial charge in [0, 0.05) is 48.8 Å². The number of hydrogen-bond acceptors (Lipinski definition) is 5. The summed E-state index contributed by atoms with van der Waals surface area (Å²) in [5.74, 6) is -0.318. The summed E-state index contributed by atoms with van der Waals surface area (Å²) in [7, 11) is -4.14. The van der Waals surface area contributed by atoms with Crippen molar-refractivity contribution in [2.75, 3.05) is 17.8 Å². The molecule has 3 aromatic carbocycles. The van der Waals surface area contributed by atoms with Gasteiger partial charge in [0.05, 0.1) is 0 Å². The number of halogens is 1. The second-order valence-electron chi connectivity index (χ2n) is 8.56. The number of likely N-dealkylation sites (tertiary alicyclic amines) is 1. The molecule has 0 spiro atoms. The summed E-state index contributed by atoms with van der Waals surface area (Å²) in [4.78, 5) is 18.8. The van der Waals surface area contributed by atoms with Gasteiger partial charge < -0.3 is 9.64 Å². The van der Waals surface area contributed by atoms with Crippen molar-refractivity contribution >= 4 is 32.5 Å². The molecule has 4 aromatic rings. The van der Waals surface area contributed by atoms with Gasteiger partial charge in [-0.3, -0.25) is 14.5 Å². The molecule has 1 amide bonds. The smallest absolute Gasteiger partial charge is 0.264 e. The van der Waals surface area contributed by atoms with Crippen molar-refractivity contribution in [3.8, 4) is 5.75 Å². The number of hydrogen-bond donors (Lipinski definition) is 1. The number of rotatable bonds is 6. The quantitative estimate of drug-likeness (QED) is 0.404. The van der Waals surface area contributed by atoms with E-state index in [2.05, 4.69) is 9.71 Å². The van der Waals surface area contributed by atoms with E-state index in [-0.39, 0.29) is 17.7 Å². The van der Waals surface area contributed by atoms with Crippen molar-refractivity contribution in [3.63, 3.8) is 0 Å². The van der Waals surface area contributed by atoms with Gasteiger partial charge in [-0.15, -0.1) is 0 Å². The molecule has 2 heterocycles. The van der Waals surface area contributed by atoms with Gasteiger partial charge in [-0.2, -0.15) is 0 Å². The summed E-state index contributed by atoms with van der Waals surface area (Å²) in [5, 5.41) is 1.01. The van der Waals surface area contributed by atoms with Crippen LogP contribution in [0.3, 0.4) is 0 Å². The molecule has 1 aliphatic rings. The van der Waals surface area contributed by atoms with Gasteiger partial charge in [0.2, 0.25) is 0 Å². The number of pyridine rings is 1. The highest BCUT2D eigenvalue weighted by Crippen LogP contribution is 2.27. The Morgan fingerprint density at radius 2 is 1.72 bits per heavy atom. The second-order valence-corrected chi connectivity index (χ2v) is 10.2.